The average Bonchev–Trinajstić information content (AvgIpc) is 2.90. The number of benzene rings is 1. The third kappa shape index (κ3) is 3.35. The highest BCUT2D eigenvalue weighted by molar-refractivity contribution is 5.85. The van der Waals surface area contributed by atoms with E-state index in [1.54, 1.807) is 25.1 Å². The summed E-state index contributed by atoms with van der Waals surface area (Å²) in [6.45, 7) is 6.29. The zero-order valence-electron chi connectivity index (χ0n) is 12.6. The first-order chi connectivity index (χ1) is 9.90. The van der Waals surface area contributed by atoms with Crippen molar-refractivity contribution in [1.29, 1.82) is 0 Å². The van der Waals surface area contributed by atoms with Crippen LogP contribution < -0.4 is 10.1 Å². The van der Waals surface area contributed by atoms with Gasteiger partial charge in [-0.15, -0.1) is 0 Å². The maximum atomic E-state index is 12.1. The van der Waals surface area contributed by atoms with Gasteiger partial charge in [-0.3, -0.25) is 4.79 Å². The summed E-state index contributed by atoms with van der Waals surface area (Å²) in [7, 11) is 0. The lowest BCUT2D eigenvalue weighted by Gasteiger charge is -2.20. The number of amides is 1. The van der Waals surface area contributed by atoms with E-state index in [9.17, 15) is 14.7 Å². The topological polar surface area (TPSA) is 75.6 Å². The van der Waals surface area contributed by atoms with Crippen molar-refractivity contribution < 1.29 is 19.4 Å². The minimum atomic E-state index is -1.06. The first kappa shape index (κ1) is 15.4. The highest BCUT2D eigenvalue weighted by atomic mass is 16.5. The van der Waals surface area contributed by atoms with Gasteiger partial charge < -0.3 is 15.2 Å². The number of hydrogen-bond donors (Lipinski definition) is 2. The van der Waals surface area contributed by atoms with E-state index in [1.165, 1.54) is 0 Å². The molecule has 0 saturated heterocycles. The van der Waals surface area contributed by atoms with Gasteiger partial charge in [-0.2, -0.15) is 0 Å². The Balaban J connectivity index is 2.20. The Bertz CT molecular complexity index is 553. The summed E-state index contributed by atoms with van der Waals surface area (Å²) >= 11 is 0. The van der Waals surface area contributed by atoms with Gasteiger partial charge in [0.2, 0.25) is 5.91 Å². The fourth-order valence-electron chi connectivity index (χ4n) is 2.25. The van der Waals surface area contributed by atoms with E-state index in [4.69, 9.17) is 4.74 Å². The van der Waals surface area contributed by atoms with Crippen LogP contribution in [0.15, 0.2) is 18.2 Å². The molecule has 21 heavy (non-hydrogen) atoms. The second-order valence-corrected chi connectivity index (χ2v) is 5.78. The van der Waals surface area contributed by atoms with Crippen LogP contribution in [0.2, 0.25) is 0 Å². The summed E-state index contributed by atoms with van der Waals surface area (Å²) in [4.78, 5) is 23.6. The van der Waals surface area contributed by atoms with Crippen LogP contribution in [0.25, 0.3) is 0 Å². The monoisotopic (exact) mass is 291 g/mol. The molecule has 1 amide bonds. The molecule has 0 spiro atoms. The van der Waals surface area contributed by atoms with Gasteiger partial charge >= 0.3 is 5.97 Å². The maximum absolute atomic E-state index is 12.1. The minimum Gasteiger partial charge on any atom is -0.493 e. The third-order valence-electron chi connectivity index (χ3n) is 3.99. The van der Waals surface area contributed by atoms with Crippen molar-refractivity contribution in [2.75, 3.05) is 6.61 Å². The van der Waals surface area contributed by atoms with Gasteiger partial charge in [0.05, 0.1) is 6.61 Å². The Kier molecular flexibility index (Phi) is 4.50. The Morgan fingerprint density at radius 1 is 1.29 bits per heavy atom. The SMILES string of the molecule is CC(C)C(C)C(=O)NC(C(=O)O)c1ccc2c(c1)CCO2. The lowest BCUT2D eigenvalue weighted by molar-refractivity contribution is -0.142. The second kappa shape index (κ2) is 6.16. The average molecular weight is 291 g/mol. The lowest BCUT2D eigenvalue weighted by atomic mass is 9.96. The normalized spacial score (nSPS) is 16.0. The number of nitrogens with one attached hydrogen (secondary N) is 1. The van der Waals surface area contributed by atoms with Gasteiger partial charge in [0.15, 0.2) is 6.04 Å². The maximum Gasteiger partial charge on any atom is 0.330 e. The van der Waals surface area contributed by atoms with E-state index in [1.807, 2.05) is 13.8 Å². The molecule has 2 atom stereocenters. The van der Waals surface area contributed by atoms with E-state index in [-0.39, 0.29) is 17.7 Å². The van der Waals surface area contributed by atoms with Crippen LogP contribution in [0, 0.1) is 11.8 Å². The minimum absolute atomic E-state index is 0.160. The van der Waals surface area contributed by atoms with Gasteiger partial charge in [0.1, 0.15) is 5.75 Å². The zero-order valence-corrected chi connectivity index (χ0v) is 12.6. The van der Waals surface area contributed by atoms with E-state index in [0.29, 0.717) is 12.2 Å². The molecule has 2 unspecified atom stereocenters. The number of fused-ring (bicyclic) bond motifs is 1. The molecule has 1 aromatic rings. The van der Waals surface area contributed by atoms with Crippen molar-refractivity contribution in [2.24, 2.45) is 11.8 Å². The molecule has 1 aromatic carbocycles. The Labute approximate surface area is 124 Å². The Morgan fingerprint density at radius 3 is 2.62 bits per heavy atom. The highest BCUT2D eigenvalue weighted by Gasteiger charge is 2.27. The summed E-state index contributed by atoms with van der Waals surface area (Å²) in [5, 5.41) is 12.0. The zero-order chi connectivity index (χ0) is 15.6. The van der Waals surface area contributed by atoms with Gasteiger partial charge in [-0.05, 0) is 29.2 Å². The van der Waals surface area contributed by atoms with E-state index in [2.05, 4.69) is 5.32 Å². The van der Waals surface area contributed by atoms with Crippen LogP contribution >= 0.6 is 0 Å². The Morgan fingerprint density at radius 2 is 2.00 bits per heavy atom. The molecule has 1 heterocycles. The molecule has 0 fully saturated rings. The summed E-state index contributed by atoms with van der Waals surface area (Å²) in [6.07, 6.45) is 0.770. The van der Waals surface area contributed by atoms with Crippen molar-refractivity contribution in [3.05, 3.63) is 29.3 Å². The molecule has 0 aliphatic carbocycles. The fraction of sp³-hybridized carbons (Fsp3) is 0.500. The number of rotatable bonds is 5. The molecule has 5 nitrogen and oxygen atoms in total. The van der Waals surface area contributed by atoms with Gasteiger partial charge in [-0.25, -0.2) is 4.79 Å². The van der Waals surface area contributed by atoms with Crippen LogP contribution in [0.3, 0.4) is 0 Å². The number of aliphatic carboxylic acids is 1. The second-order valence-electron chi connectivity index (χ2n) is 5.78. The number of carbonyl (C=O) groups excluding carboxylic acids is 1. The van der Waals surface area contributed by atoms with Crippen molar-refractivity contribution >= 4 is 11.9 Å². The van der Waals surface area contributed by atoms with E-state index < -0.39 is 12.0 Å². The number of carbonyl (C=O) groups is 2. The van der Waals surface area contributed by atoms with E-state index >= 15 is 0 Å². The van der Waals surface area contributed by atoms with Gasteiger partial charge in [-0.1, -0.05) is 26.8 Å². The van der Waals surface area contributed by atoms with E-state index in [0.717, 1.165) is 17.7 Å². The van der Waals surface area contributed by atoms with Crippen LogP contribution in [-0.4, -0.2) is 23.6 Å². The lowest BCUT2D eigenvalue weighted by Crippen LogP contribution is -2.38. The highest BCUT2D eigenvalue weighted by Crippen LogP contribution is 2.28. The van der Waals surface area contributed by atoms with Crippen LogP contribution in [-0.2, 0) is 16.0 Å². The molecule has 1 aliphatic heterocycles. The van der Waals surface area contributed by atoms with Crippen molar-refractivity contribution in [3.63, 3.8) is 0 Å². The number of carboxylic acids is 1. The molecule has 0 saturated carbocycles. The molecule has 0 aromatic heterocycles. The molecule has 114 valence electrons. The number of carboxylic acid groups (broad SMARTS) is 1. The van der Waals surface area contributed by atoms with Crippen LogP contribution in [0.4, 0.5) is 0 Å². The standard InChI is InChI=1S/C16H21NO4/c1-9(2)10(3)15(18)17-14(16(19)20)12-4-5-13-11(8-12)6-7-21-13/h4-5,8-10,14H,6-7H2,1-3H3,(H,17,18)(H,19,20). The van der Waals surface area contributed by atoms with Gasteiger partial charge in [0, 0.05) is 12.3 Å². The van der Waals surface area contributed by atoms with Crippen molar-refractivity contribution in [3.8, 4) is 5.75 Å². The van der Waals surface area contributed by atoms with Crippen molar-refractivity contribution in [1.82, 2.24) is 5.32 Å². The predicted octanol–water partition coefficient (Wildman–Crippen LogP) is 2.16. The smallest absolute Gasteiger partial charge is 0.330 e. The first-order valence-corrected chi connectivity index (χ1v) is 7.19. The molecule has 1 aliphatic rings. The molecule has 5 heteroatoms. The first-order valence-electron chi connectivity index (χ1n) is 7.19. The molecular weight excluding hydrogens is 270 g/mol. The summed E-state index contributed by atoms with van der Waals surface area (Å²) in [6, 6.07) is 4.25. The third-order valence-corrected chi connectivity index (χ3v) is 3.99. The van der Waals surface area contributed by atoms with Gasteiger partial charge in [0.25, 0.3) is 0 Å². The summed E-state index contributed by atoms with van der Waals surface area (Å²) < 4.78 is 5.41. The van der Waals surface area contributed by atoms with Crippen molar-refractivity contribution in [2.45, 2.75) is 33.2 Å². The van der Waals surface area contributed by atoms with Crippen LogP contribution in [0.1, 0.15) is 37.9 Å². The quantitative estimate of drug-likeness (QED) is 0.871. The number of ether oxygens (including phenoxy) is 1. The molecule has 0 radical (unpaired) electrons. The Hall–Kier alpha value is -2.04. The number of hydrogen-bond acceptors (Lipinski definition) is 3. The predicted molar refractivity (Wildman–Crippen MR) is 78.2 cm³/mol. The molecule has 0 bridgehead atoms. The van der Waals surface area contributed by atoms with Crippen LogP contribution in [0.5, 0.6) is 5.75 Å². The summed E-state index contributed by atoms with van der Waals surface area (Å²) in [5.41, 5.74) is 1.57. The largest absolute Gasteiger partial charge is 0.493 e. The molecule has 2 rings (SSSR count). The fourth-order valence-corrected chi connectivity index (χ4v) is 2.25. The molecular formula is C16H21NO4. The summed E-state index contributed by atoms with van der Waals surface area (Å²) in [5.74, 6) is -0.574. The molecule has 2 N–H and O–H groups in total.